The largest absolute Gasteiger partial charge is 0.374 e. The van der Waals surface area contributed by atoms with Crippen molar-refractivity contribution in [1.82, 2.24) is 0 Å². The Balaban J connectivity index is 2.08. The summed E-state index contributed by atoms with van der Waals surface area (Å²) in [4.78, 5) is 11.1. The van der Waals surface area contributed by atoms with Gasteiger partial charge in [0.2, 0.25) is 0 Å². The molecule has 0 aliphatic heterocycles. The number of hydrogen-bond donors (Lipinski definition) is 0. The number of ether oxygens (including phenoxy) is 1. The first-order chi connectivity index (χ1) is 11.5. The zero-order valence-corrected chi connectivity index (χ0v) is 15.1. The maximum Gasteiger partial charge on any atom is 0.281 e. The number of rotatable bonds is 10. The standard InChI is InChI=1S/C17H23ClO5S/c18-14-24(20,21)23-16(17(10-11-19)8-4-5-9-17)13-22-12-15-6-2-1-3-7-15/h1-3,6-7,11,16H,4-5,8-10,12-14H2. The Hall–Kier alpha value is -0.950. The zero-order chi connectivity index (χ0) is 17.5. The molecular formula is C17H23ClO5S. The van der Waals surface area contributed by atoms with Gasteiger partial charge >= 0.3 is 0 Å². The highest BCUT2D eigenvalue weighted by molar-refractivity contribution is 7.87. The maximum atomic E-state index is 11.8. The minimum absolute atomic E-state index is 0.110. The van der Waals surface area contributed by atoms with Crippen LogP contribution in [0.15, 0.2) is 30.3 Å². The smallest absolute Gasteiger partial charge is 0.281 e. The van der Waals surface area contributed by atoms with E-state index >= 15 is 0 Å². The fourth-order valence-electron chi connectivity index (χ4n) is 3.27. The van der Waals surface area contributed by atoms with Gasteiger partial charge in [0.25, 0.3) is 10.1 Å². The first kappa shape index (κ1) is 19.4. The lowest BCUT2D eigenvalue weighted by Crippen LogP contribution is -2.40. The number of aldehydes is 1. The predicted molar refractivity (Wildman–Crippen MR) is 92.2 cm³/mol. The molecule has 1 aliphatic rings. The summed E-state index contributed by atoms with van der Waals surface area (Å²) in [6, 6.07) is 9.61. The Morgan fingerprint density at radius 2 is 1.88 bits per heavy atom. The maximum absolute atomic E-state index is 11.8. The van der Waals surface area contributed by atoms with E-state index in [2.05, 4.69) is 0 Å². The van der Waals surface area contributed by atoms with E-state index in [9.17, 15) is 13.2 Å². The fraction of sp³-hybridized carbons (Fsp3) is 0.588. The average molecular weight is 375 g/mol. The van der Waals surface area contributed by atoms with Crippen molar-refractivity contribution in [2.24, 2.45) is 5.41 Å². The van der Waals surface area contributed by atoms with Gasteiger partial charge in [-0.25, -0.2) is 0 Å². The zero-order valence-electron chi connectivity index (χ0n) is 13.5. The van der Waals surface area contributed by atoms with Crippen LogP contribution in [0.2, 0.25) is 0 Å². The normalized spacial score (nSPS) is 18.4. The fourth-order valence-corrected chi connectivity index (χ4v) is 4.09. The van der Waals surface area contributed by atoms with E-state index in [-0.39, 0.29) is 13.0 Å². The number of alkyl halides is 1. The molecule has 0 heterocycles. The third kappa shape index (κ3) is 5.28. The molecule has 1 atom stereocenters. The van der Waals surface area contributed by atoms with Gasteiger partial charge in [0, 0.05) is 11.8 Å². The van der Waals surface area contributed by atoms with E-state index in [1.807, 2.05) is 30.3 Å². The lowest BCUT2D eigenvalue weighted by molar-refractivity contribution is -0.112. The lowest BCUT2D eigenvalue weighted by Gasteiger charge is -2.35. The molecule has 2 rings (SSSR count). The summed E-state index contributed by atoms with van der Waals surface area (Å²) in [6.45, 7) is 0.470. The van der Waals surface area contributed by atoms with E-state index in [0.29, 0.717) is 6.61 Å². The van der Waals surface area contributed by atoms with Crippen molar-refractivity contribution < 1.29 is 22.1 Å². The van der Waals surface area contributed by atoms with Crippen molar-refractivity contribution in [3.05, 3.63) is 35.9 Å². The highest BCUT2D eigenvalue weighted by Gasteiger charge is 2.44. The Morgan fingerprint density at radius 1 is 1.21 bits per heavy atom. The molecule has 1 aromatic carbocycles. The number of hydrogen-bond acceptors (Lipinski definition) is 5. The summed E-state index contributed by atoms with van der Waals surface area (Å²) < 4.78 is 34.7. The van der Waals surface area contributed by atoms with Crippen LogP contribution in [0.5, 0.6) is 0 Å². The Kier molecular flexibility index (Phi) is 7.22. The molecule has 0 amide bonds. The quantitative estimate of drug-likeness (QED) is 0.357. The van der Waals surface area contributed by atoms with Crippen molar-refractivity contribution in [1.29, 1.82) is 0 Å². The summed E-state index contributed by atoms with van der Waals surface area (Å²) in [5.74, 6) is 0. The number of carbonyl (C=O) groups is 1. The van der Waals surface area contributed by atoms with Crippen molar-refractivity contribution in [2.75, 3.05) is 11.8 Å². The van der Waals surface area contributed by atoms with Crippen LogP contribution in [0.3, 0.4) is 0 Å². The van der Waals surface area contributed by atoms with E-state index in [0.717, 1.165) is 37.5 Å². The molecule has 0 N–H and O–H groups in total. The van der Waals surface area contributed by atoms with Crippen LogP contribution in [0, 0.1) is 5.41 Å². The first-order valence-electron chi connectivity index (χ1n) is 8.03. The summed E-state index contributed by atoms with van der Waals surface area (Å²) in [6.07, 6.45) is 3.82. The number of carbonyl (C=O) groups excluding carboxylic acids is 1. The summed E-state index contributed by atoms with van der Waals surface area (Å²) in [5.41, 5.74) is 0.504. The summed E-state index contributed by atoms with van der Waals surface area (Å²) in [5, 5.41) is -0.612. The third-order valence-corrected chi connectivity index (χ3v) is 6.14. The van der Waals surface area contributed by atoms with Crippen LogP contribution in [-0.2, 0) is 30.4 Å². The molecule has 134 valence electrons. The molecule has 0 radical (unpaired) electrons. The molecule has 24 heavy (non-hydrogen) atoms. The van der Waals surface area contributed by atoms with Gasteiger partial charge in [0.05, 0.1) is 13.2 Å². The van der Waals surface area contributed by atoms with E-state index in [1.54, 1.807) is 0 Å². The van der Waals surface area contributed by atoms with Crippen LogP contribution >= 0.6 is 11.6 Å². The van der Waals surface area contributed by atoms with Gasteiger partial charge in [-0.1, -0.05) is 43.2 Å². The Bertz CT molecular complexity index is 611. The second-order valence-corrected chi connectivity index (χ2v) is 8.37. The topological polar surface area (TPSA) is 69.7 Å². The van der Waals surface area contributed by atoms with Gasteiger partial charge in [-0.2, -0.15) is 8.42 Å². The predicted octanol–water partition coefficient (Wildman–Crippen LogP) is 3.26. The van der Waals surface area contributed by atoms with Crippen LogP contribution in [0.1, 0.15) is 37.7 Å². The van der Waals surface area contributed by atoms with Gasteiger partial charge in [0.1, 0.15) is 17.6 Å². The minimum Gasteiger partial charge on any atom is -0.374 e. The SMILES string of the molecule is O=CCC1(C(COCc2ccccc2)OS(=O)(=O)CCl)CCCC1. The second-order valence-electron chi connectivity index (χ2n) is 6.19. The Labute approximate surface area is 148 Å². The molecular weight excluding hydrogens is 352 g/mol. The molecule has 0 aromatic heterocycles. The van der Waals surface area contributed by atoms with Gasteiger partial charge in [-0.05, 0) is 18.4 Å². The van der Waals surface area contributed by atoms with Crippen LogP contribution in [-0.4, -0.2) is 32.6 Å². The second kappa shape index (κ2) is 8.94. The number of halogens is 1. The average Bonchev–Trinajstić information content (AvgIpc) is 3.05. The molecule has 0 saturated heterocycles. The van der Waals surface area contributed by atoms with Crippen molar-refractivity contribution >= 4 is 28.0 Å². The summed E-state index contributed by atoms with van der Waals surface area (Å²) >= 11 is 5.47. The molecule has 1 fully saturated rings. The highest BCUT2D eigenvalue weighted by atomic mass is 35.5. The molecule has 1 unspecified atom stereocenters. The third-order valence-electron chi connectivity index (χ3n) is 4.55. The van der Waals surface area contributed by atoms with E-state index in [4.69, 9.17) is 20.5 Å². The number of benzene rings is 1. The van der Waals surface area contributed by atoms with Gasteiger partial charge in [0.15, 0.2) is 0 Å². The Morgan fingerprint density at radius 3 is 2.46 bits per heavy atom. The minimum atomic E-state index is -3.84. The van der Waals surface area contributed by atoms with E-state index < -0.39 is 26.8 Å². The highest BCUT2D eigenvalue weighted by Crippen LogP contribution is 2.45. The van der Waals surface area contributed by atoms with E-state index in [1.165, 1.54) is 0 Å². The molecule has 1 aliphatic carbocycles. The molecule has 0 bridgehead atoms. The van der Waals surface area contributed by atoms with Crippen molar-refractivity contribution in [3.8, 4) is 0 Å². The van der Waals surface area contributed by atoms with Crippen molar-refractivity contribution in [3.63, 3.8) is 0 Å². The molecule has 1 saturated carbocycles. The van der Waals surface area contributed by atoms with Crippen LogP contribution < -0.4 is 0 Å². The molecule has 0 spiro atoms. The molecule has 1 aromatic rings. The summed E-state index contributed by atoms with van der Waals surface area (Å²) in [7, 11) is -3.84. The lowest BCUT2D eigenvalue weighted by atomic mass is 9.78. The van der Waals surface area contributed by atoms with Gasteiger partial charge < -0.3 is 9.53 Å². The van der Waals surface area contributed by atoms with Gasteiger partial charge in [-0.15, -0.1) is 11.6 Å². The monoisotopic (exact) mass is 374 g/mol. The van der Waals surface area contributed by atoms with Crippen LogP contribution in [0.4, 0.5) is 0 Å². The van der Waals surface area contributed by atoms with Crippen molar-refractivity contribution in [2.45, 2.75) is 44.8 Å². The van der Waals surface area contributed by atoms with Crippen LogP contribution in [0.25, 0.3) is 0 Å². The molecule has 7 heteroatoms. The first-order valence-corrected chi connectivity index (χ1v) is 10.1. The molecule has 5 nitrogen and oxygen atoms in total. The van der Waals surface area contributed by atoms with Gasteiger partial charge in [-0.3, -0.25) is 4.18 Å².